The Bertz CT molecular complexity index is 530. The average molecular weight is 307 g/mol. The summed E-state index contributed by atoms with van der Waals surface area (Å²) in [6.07, 6.45) is 3.28. The third-order valence-corrected chi connectivity index (χ3v) is 5.58. The van der Waals surface area contributed by atoms with Crippen molar-refractivity contribution in [3.05, 3.63) is 23.8 Å². The molecule has 0 aromatic heterocycles. The van der Waals surface area contributed by atoms with Gasteiger partial charge >= 0.3 is 0 Å². The van der Waals surface area contributed by atoms with Gasteiger partial charge in [-0.25, -0.2) is 0 Å². The second-order valence-corrected chi connectivity index (χ2v) is 6.68. The molecule has 1 atom stereocenters. The van der Waals surface area contributed by atoms with Crippen LogP contribution in [0.1, 0.15) is 30.2 Å². The van der Waals surface area contributed by atoms with E-state index in [0.29, 0.717) is 5.91 Å². The van der Waals surface area contributed by atoms with Gasteiger partial charge in [-0.15, -0.1) is 11.8 Å². The fraction of sp³-hybridized carbons (Fsp3) is 0.562. The normalized spacial score (nSPS) is 22.0. The smallest absolute Gasteiger partial charge is 0.226 e. The van der Waals surface area contributed by atoms with E-state index in [4.69, 9.17) is 9.47 Å². The minimum absolute atomic E-state index is 0.0685. The van der Waals surface area contributed by atoms with Gasteiger partial charge in [-0.05, 0) is 25.0 Å². The molecule has 0 radical (unpaired) electrons. The largest absolute Gasteiger partial charge is 0.497 e. The number of nitrogens with zero attached hydrogens (tertiary/aromatic N) is 1. The number of amides is 1. The van der Waals surface area contributed by atoms with E-state index in [1.54, 1.807) is 14.2 Å². The van der Waals surface area contributed by atoms with Crippen LogP contribution in [0.5, 0.6) is 11.5 Å². The summed E-state index contributed by atoms with van der Waals surface area (Å²) in [5.41, 5.74) is 1.06. The molecule has 1 aromatic rings. The zero-order chi connectivity index (χ0) is 14.8. The maximum absolute atomic E-state index is 12.6. The molecular formula is C16H21NO3S. The maximum Gasteiger partial charge on any atom is 0.226 e. The van der Waals surface area contributed by atoms with Crippen molar-refractivity contribution in [2.45, 2.75) is 24.6 Å². The molecule has 1 heterocycles. The Balaban J connectivity index is 1.85. The van der Waals surface area contributed by atoms with Crippen LogP contribution >= 0.6 is 11.8 Å². The number of benzene rings is 1. The van der Waals surface area contributed by atoms with Crippen LogP contribution in [0, 0.1) is 5.92 Å². The van der Waals surface area contributed by atoms with Gasteiger partial charge < -0.3 is 14.4 Å². The summed E-state index contributed by atoms with van der Waals surface area (Å²) in [7, 11) is 3.31. The number of carbonyl (C=O) groups excluding carboxylic acids is 1. The predicted octanol–water partition coefficient (Wildman–Crippen LogP) is 3.08. The van der Waals surface area contributed by atoms with Crippen molar-refractivity contribution in [2.75, 3.05) is 26.5 Å². The predicted molar refractivity (Wildman–Crippen MR) is 83.8 cm³/mol. The van der Waals surface area contributed by atoms with Crippen molar-refractivity contribution in [3.8, 4) is 11.5 Å². The highest BCUT2D eigenvalue weighted by Gasteiger charge is 2.37. The van der Waals surface area contributed by atoms with E-state index < -0.39 is 0 Å². The second-order valence-electron chi connectivity index (χ2n) is 5.49. The molecule has 0 spiro atoms. The Kier molecular flexibility index (Phi) is 4.29. The molecule has 21 heavy (non-hydrogen) atoms. The summed E-state index contributed by atoms with van der Waals surface area (Å²) in [4.78, 5) is 14.6. The van der Waals surface area contributed by atoms with E-state index in [1.165, 1.54) is 6.42 Å². The van der Waals surface area contributed by atoms with Crippen molar-refractivity contribution < 1.29 is 14.3 Å². The van der Waals surface area contributed by atoms with Crippen molar-refractivity contribution >= 4 is 17.7 Å². The molecule has 0 bridgehead atoms. The van der Waals surface area contributed by atoms with E-state index in [2.05, 4.69) is 0 Å². The topological polar surface area (TPSA) is 38.8 Å². The Hall–Kier alpha value is -1.36. The van der Waals surface area contributed by atoms with Crippen molar-refractivity contribution in [1.29, 1.82) is 0 Å². The fourth-order valence-corrected chi connectivity index (χ4v) is 4.15. The number of rotatable bonds is 4. The Labute approximate surface area is 129 Å². The molecule has 5 heteroatoms. The number of thioether (sulfide) groups is 1. The first-order valence-electron chi connectivity index (χ1n) is 7.38. The standard InChI is InChI=1S/C16H21NO3S/c1-19-12-6-7-13(14(10-12)20-2)16-17(8-9-21-16)15(18)11-4-3-5-11/h6-7,10-11,16H,3-5,8-9H2,1-2H3/t16-/m1/s1. The van der Waals surface area contributed by atoms with Gasteiger partial charge in [0.1, 0.15) is 16.9 Å². The van der Waals surface area contributed by atoms with E-state index in [-0.39, 0.29) is 11.3 Å². The third kappa shape index (κ3) is 2.71. The minimum Gasteiger partial charge on any atom is -0.497 e. The molecule has 0 N–H and O–H groups in total. The fourth-order valence-electron chi connectivity index (χ4n) is 2.87. The number of hydrogen-bond acceptors (Lipinski definition) is 4. The molecule has 2 aliphatic rings. The number of ether oxygens (including phenoxy) is 2. The van der Waals surface area contributed by atoms with E-state index >= 15 is 0 Å². The lowest BCUT2D eigenvalue weighted by Crippen LogP contribution is -2.38. The van der Waals surface area contributed by atoms with Crippen LogP contribution in [0.4, 0.5) is 0 Å². The Morgan fingerprint density at radius 3 is 2.71 bits per heavy atom. The molecule has 114 valence electrons. The summed E-state index contributed by atoms with van der Waals surface area (Å²) >= 11 is 1.81. The molecule has 1 aliphatic heterocycles. The first-order chi connectivity index (χ1) is 10.2. The summed E-state index contributed by atoms with van der Waals surface area (Å²) in [5, 5.41) is 0.0685. The van der Waals surface area contributed by atoms with Crippen LogP contribution in [0.2, 0.25) is 0 Å². The zero-order valence-electron chi connectivity index (χ0n) is 12.5. The lowest BCUT2D eigenvalue weighted by atomic mass is 9.84. The molecule has 1 saturated heterocycles. The van der Waals surface area contributed by atoms with Crippen LogP contribution < -0.4 is 9.47 Å². The van der Waals surface area contributed by atoms with Crippen LogP contribution in [-0.4, -0.2) is 37.3 Å². The molecule has 1 saturated carbocycles. The first kappa shape index (κ1) is 14.6. The first-order valence-corrected chi connectivity index (χ1v) is 8.43. The van der Waals surface area contributed by atoms with E-state index in [1.807, 2.05) is 34.9 Å². The maximum atomic E-state index is 12.6. The molecular weight excluding hydrogens is 286 g/mol. The minimum atomic E-state index is 0.0685. The third-order valence-electron chi connectivity index (χ3n) is 4.34. The van der Waals surface area contributed by atoms with Gasteiger partial charge in [-0.2, -0.15) is 0 Å². The highest BCUT2D eigenvalue weighted by Crippen LogP contribution is 2.44. The lowest BCUT2D eigenvalue weighted by Gasteiger charge is -2.32. The van der Waals surface area contributed by atoms with Gasteiger partial charge in [0.25, 0.3) is 0 Å². The summed E-state index contributed by atoms with van der Waals surface area (Å²) in [6.45, 7) is 0.833. The van der Waals surface area contributed by atoms with Crippen molar-refractivity contribution in [2.24, 2.45) is 5.92 Å². The van der Waals surface area contributed by atoms with Crippen molar-refractivity contribution in [3.63, 3.8) is 0 Å². The van der Waals surface area contributed by atoms with E-state index in [0.717, 1.165) is 42.2 Å². The van der Waals surface area contributed by atoms with Gasteiger partial charge in [-0.3, -0.25) is 4.79 Å². The molecule has 4 nitrogen and oxygen atoms in total. The molecule has 2 fully saturated rings. The highest BCUT2D eigenvalue weighted by molar-refractivity contribution is 7.99. The van der Waals surface area contributed by atoms with Crippen LogP contribution in [0.15, 0.2) is 18.2 Å². The molecule has 1 aliphatic carbocycles. The van der Waals surface area contributed by atoms with Crippen LogP contribution in [-0.2, 0) is 4.79 Å². The number of hydrogen-bond donors (Lipinski definition) is 0. The molecule has 1 aromatic carbocycles. The summed E-state index contributed by atoms with van der Waals surface area (Å²) in [6, 6.07) is 5.84. The average Bonchev–Trinajstić information content (AvgIpc) is 2.93. The van der Waals surface area contributed by atoms with Gasteiger partial charge in [-0.1, -0.05) is 6.42 Å². The Morgan fingerprint density at radius 1 is 1.29 bits per heavy atom. The van der Waals surface area contributed by atoms with Gasteiger partial charge in [0, 0.05) is 29.8 Å². The van der Waals surface area contributed by atoms with Gasteiger partial charge in [0.2, 0.25) is 5.91 Å². The van der Waals surface area contributed by atoms with E-state index in [9.17, 15) is 4.79 Å². The summed E-state index contributed by atoms with van der Waals surface area (Å²) < 4.78 is 10.7. The monoisotopic (exact) mass is 307 g/mol. The molecule has 3 rings (SSSR count). The zero-order valence-corrected chi connectivity index (χ0v) is 13.3. The van der Waals surface area contributed by atoms with Crippen LogP contribution in [0.25, 0.3) is 0 Å². The van der Waals surface area contributed by atoms with Crippen LogP contribution in [0.3, 0.4) is 0 Å². The Morgan fingerprint density at radius 2 is 2.10 bits per heavy atom. The van der Waals surface area contributed by atoms with Crippen molar-refractivity contribution in [1.82, 2.24) is 4.90 Å². The molecule has 0 unspecified atom stereocenters. The molecule has 1 amide bonds. The number of carbonyl (C=O) groups is 1. The summed E-state index contributed by atoms with van der Waals surface area (Å²) in [5.74, 6) is 3.11. The lowest BCUT2D eigenvalue weighted by molar-refractivity contribution is -0.138. The highest BCUT2D eigenvalue weighted by atomic mass is 32.2. The van der Waals surface area contributed by atoms with Gasteiger partial charge in [0.15, 0.2) is 0 Å². The number of methoxy groups -OCH3 is 2. The quantitative estimate of drug-likeness (QED) is 0.857. The van der Waals surface area contributed by atoms with Gasteiger partial charge in [0.05, 0.1) is 14.2 Å². The second kappa shape index (κ2) is 6.18. The SMILES string of the molecule is COc1ccc([C@H]2SCCN2C(=O)C2CCC2)c(OC)c1.